The van der Waals surface area contributed by atoms with E-state index < -0.39 is 19.1 Å². The van der Waals surface area contributed by atoms with Gasteiger partial charge in [0.2, 0.25) is 0 Å². The zero-order chi connectivity index (χ0) is 12.7. The zero-order valence-corrected chi connectivity index (χ0v) is 9.18. The van der Waals surface area contributed by atoms with Crippen LogP contribution in [0, 0.1) is 0 Å². The Morgan fingerprint density at radius 1 is 1.47 bits per heavy atom. The third-order valence-electron chi connectivity index (χ3n) is 1.92. The van der Waals surface area contributed by atoms with Crippen LogP contribution in [-0.4, -0.2) is 41.4 Å². The van der Waals surface area contributed by atoms with Crippen molar-refractivity contribution in [1.82, 2.24) is 10.1 Å². The normalized spacial score (nSPS) is 13.2. The minimum Gasteiger partial charge on any atom is -0.383 e. The first-order valence-corrected chi connectivity index (χ1v) is 5.20. The minimum absolute atomic E-state index is 0.0797. The Hall–Kier alpha value is -1.12. The molecule has 6 nitrogen and oxygen atoms in total. The average molecular weight is 251 g/mol. The molecule has 17 heavy (non-hydrogen) atoms. The van der Waals surface area contributed by atoms with Gasteiger partial charge in [-0.2, -0.15) is 4.98 Å². The first kappa shape index (κ1) is 13.9. The van der Waals surface area contributed by atoms with Crippen molar-refractivity contribution in [2.24, 2.45) is 5.73 Å². The van der Waals surface area contributed by atoms with E-state index >= 15 is 0 Å². The van der Waals surface area contributed by atoms with Gasteiger partial charge in [-0.05, 0) is 13.0 Å². The predicted octanol–water partition coefficient (Wildman–Crippen LogP) is 0.276. The summed E-state index contributed by atoms with van der Waals surface area (Å²) in [6.07, 6.45) is -2.79. The second-order valence-corrected chi connectivity index (χ2v) is 3.36. The van der Waals surface area contributed by atoms with E-state index in [-0.39, 0.29) is 18.9 Å². The second-order valence-electron chi connectivity index (χ2n) is 3.36. The summed E-state index contributed by atoms with van der Waals surface area (Å²) in [5.74, 6) is 0.393. The number of hydrogen-bond donors (Lipinski definition) is 2. The highest BCUT2D eigenvalue weighted by Gasteiger charge is 2.15. The lowest BCUT2D eigenvalue weighted by atomic mass is 10.2. The van der Waals surface area contributed by atoms with Gasteiger partial charge in [0.25, 0.3) is 12.3 Å². The summed E-state index contributed by atoms with van der Waals surface area (Å²) in [7, 11) is 0. The molecule has 1 aromatic heterocycles. The van der Waals surface area contributed by atoms with Gasteiger partial charge in [0.15, 0.2) is 5.82 Å². The standard InChI is InChI=1S/C9H15F2N3O3/c10-7(11)5-16-4-2-8-13-9(17-14-8)6(15)1-3-12/h6-7,15H,1-5,12H2. The summed E-state index contributed by atoms with van der Waals surface area (Å²) in [6.45, 7) is -0.229. The van der Waals surface area contributed by atoms with E-state index in [0.29, 0.717) is 18.8 Å². The van der Waals surface area contributed by atoms with E-state index in [1.807, 2.05) is 0 Å². The van der Waals surface area contributed by atoms with Crippen LogP contribution >= 0.6 is 0 Å². The third kappa shape index (κ3) is 5.16. The lowest BCUT2D eigenvalue weighted by molar-refractivity contribution is 0.0182. The molecule has 0 radical (unpaired) electrons. The third-order valence-corrected chi connectivity index (χ3v) is 1.92. The summed E-state index contributed by atoms with van der Waals surface area (Å²) < 4.78 is 32.9. The number of rotatable bonds is 8. The Kier molecular flexibility index (Phi) is 5.95. The smallest absolute Gasteiger partial charge is 0.261 e. The van der Waals surface area contributed by atoms with Crippen molar-refractivity contribution in [2.45, 2.75) is 25.4 Å². The summed E-state index contributed by atoms with van der Waals surface area (Å²) in [6, 6.07) is 0. The molecule has 0 aliphatic carbocycles. The lowest BCUT2D eigenvalue weighted by Crippen LogP contribution is -2.08. The summed E-state index contributed by atoms with van der Waals surface area (Å²) >= 11 is 0. The Labute approximate surface area is 96.7 Å². The highest BCUT2D eigenvalue weighted by Crippen LogP contribution is 2.13. The summed E-state index contributed by atoms with van der Waals surface area (Å²) in [5, 5.41) is 13.1. The predicted molar refractivity (Wildman–Crippen MR) is 53.5 cm³/mol. The summed E-state index contributed by atoms with van der Waals surface area (Å²) in [5.41, 5.74) is 5.26. The molecule has 1 heterocycles. The van der Waals surface area contributed by atoms with Crippen molar-refractivity contribution in [3.8, 4) is 0 Å². The Morgan fingerprint density at radius 2 is 2.24 bits per heavy atom. The van der Waals surface area contributed by atoms with Gasteiger partial charge in [-0.1, -0.05) is 5.16 Å². The molecular formula is C9H15F2N3O3. The van der Waals surface area contributed by atoms with Crippen molar-refractivity contribution in [1.29, 1.82) is 0 Å². The molecule has 0 amide bonds. The molecule has 1 rings (SSSR count). The first-order valence-electron chi connectivity index (χ1n) is 5.20. The largest absolute Gasteiger partial charge is 0.383 e. The van der Waals surface area contributed by atoms with E-state index in [0.717, 1.165) is 0 Å². The van der Waals surface area contributed by atoms with E-state index in [9.17, 15) is 13.9 Å². The molecule has 98 valence electrons. The lowest BCUT2D eigenvalue weighted by Gasteiger charge is -2.01. The first-order chi connectivity index (χ1) is 8.13. The highest BCUT2D eigenvalue weighted by molar-refractivity contribution is 4.90. The maximum atomic E-state index is 11.7. The Bertz CT molecular complexity index is 322. The van der Waals surface area contributed by atoms with Crippen LogP contribution in [0.4, 0.5) is 8.78 Å². The van der Waals surface area contributed by atoms with Gasteiger partial charge >= 0.3 is 0 Å². The van der Waals surface area contributed by atoms with Crippen LogP contribution in [0.25, 0.3) is 0 Å². The van der Waals surface area contributed by atoms with E-state index in [4.69, 9.17) is 10.3 Å². The molecule has 0 spiro atoms. The molecule has 1 aromatic rings. The molecule has 0 aromatic carbocycles. The molecule has 1 unspecified atom stereocenters. The molecule has 0 aliphatic rings. The molecule has 0 aliphatic heterocycles. The van der Waals surface area contributed by atoms with E-state index in [1.54, 1.807) is 0 Å². The van der Waals surface area contributed by atoms with Crippen molar-refractivity contribution in [2.75, 3.05) is 19.8 Å². The van der Waals surface area contributed by atoms with Crippen LogP contribution in [0.2, 0.25) is 0 Å². The molecule has 0 fully saturated rings. The number of aliphatic hydroxyl groups excluding tert-OH is 1. The van der Waals surface area contributed by atoms with E-state index in [1.165, 1.54) is 0 Å². The SMILES string of the molecule is NCCC(O)c1nc(CCOCC(F)F)no1. The quantitative estimate of drug-likeness (QED) is 0.644. The maximum Gasteiger partial charge on any atom is 0.261 e. The van der Waals surface area contributed by atoms with Crippen molar-refractivity contribution in [3.05, 3.63) is 11.7 Å². The number of aliphatic hydroxyl groups is 1. The molecular weight excluding hydrogens is 236 g/mol. The van der Waals surface area contributed by atoms with Crippen molar-refractivity contribution in [3.63, 3.8) is 0 Å². The maximum absolute atomic E-state index is 11.7. The molecule has 3 N–H and O–H groups in total. The van der Waals surface area contributed by atoms with Crippen molar-refractivity contribution >= 4 is 0 Å². The molecule has 0 saturated heterocycles. The number of nitrogens with zero attached hydrogens (tertiary/aromatic N) is 2. The van der Waals surface area contributed by atoms with Gasteiger partial charge in [-0.25, -0.2) is 8.78 Å². The molecule has 0 saturated carbocycles. The number of halogens is 2. The Morgan fingerprint density at radius 3 is 2.88 bits per heavy atom. The molecule has 1 atom stereocenters. The highest BCUT2D eigenvalue weighted by atomic mass is 19.3. The number of alkyl halides is 2. The number of nitrogens with two attached hydrogens (primary N) is 1. The van der Waals surface area contributed by atoms with Gasteiger partial charge < -0.3 is 20.1 Å². The topological polar surface area (TPSA) is 94.4 Å². The van der Waals surface area contributed by atoms with Gasteiger partial charge in [0.1, 0.15) is 12.7 Å². The molecule has 0 bridgehead atoms. The molecule has 8 heteroatoms. The monoisotopic (exact) mass is 251 g/mol. The minimum atomic E-state index is -2.48. The number of hydrogen-bond acceptors (Lipinski definition) is 6. The Balaban J connectivity index is 2.30. The second kappa shape index (κ2) is 7.25. The van der Waals surface area contributed by atoms with Crippen LogP contribution < -0.4 is 5.73 Å². The van der Waals surface area contributed by atoms with E-state index in [2.05, 4.69) is 14.9 Å². The van der Waals surface area contributed by atoms with Crippen LogP contribution in [0.3, 0.4) is 0 Å². The van der Waals surface area contributed by atoms with Crippen LogP contribution in [0.1, 0.15) is 24.2 Å². The number of ether oxygens (including phenoxy) is 1. The fraction of sp³-hybridized carbons (Fsp3) is 0.778. The zero-order valence-electron chi connectivity index (χ0n) is 9.18. The van der Waals surface area contributed by atoms with Crippen LogP contribution in [0.15, 0.2) is 4.52 Å². The average Bonchev–Trinajstić information content (AvgIpc) is 2.73. The van der Waals surface area contributed by atoms with Gasteiger partial charge in [-0.15, -0.1) is 0 Å². The van der Waals surface area contributed by atoms with Gasteiger partial charge in [0, 0.05) is 6.42 Å². The van der Waals surface area contributed by atoms with Gasteiger partial charge in [-0.3, -0.25) is 0 Å². The number of aromatic nitrogens is 2. The van der Waals surface area contributed by atoms with Gasteiger partial charge in [0.05, 0.1) is 6.61 Å². The van der Waals surface area contributed by atoms with Crippen LogP contribution in [-0.2, 0) is 11.2 Å². The fourth-order valence-corrected chi connectivity index (χ4v) is 1.12. The fourth-order valence-electron chi connectivity index (χ4n) is 1.12. The summed E-state index contributed by atoms with van der Waals surface area (Å²) in [4.78, 5) is 3.89. The van der Waals surface area contributed by atoms with Crippen LogP contribution in [0.5, 0.6) is 0 Å². The van der Waals surface area contributed by atoms with Crippen molar-refractivity contribution < 1.29 is 23.1 Å².